The second kappa shape index (κ2) is 10.4. The number of carbonyl (C=O) groups excluding carboxylic acids is 1. The van der Waals surface area contributed by atoms with E-state index in [0.29, 0.717) is 18.3 Å². The molecule has 146 valence electrons. The molecule has 0 atom stereocenters. The van der Waals surface area contributed by atoms with Crippen LogP contribution in [0.4, 0.5) is 0 Å². The molecule has 0 spiro atoms. The smallest absolute Gasteiger partial charge is 0.230 e. The molecule has 1 aromatic heterocycles. The minimum absolute atomic E-state index is 0.0340. The van der Waals surface area contributed by atoms with Crippen LogP contribution in [0.15, 0.2) is 35.5 Å². The summed E-state index contributed by atoms with van der Waals surface area (Å²) in [6.07, 6.45) is 5.64. The summed E-state index contributed by atoms with van der Waals surface area (Å²) in [6.45, 7) is 2.56. The highest BCUT2D eigenvalue weighted by Gasteiger charge is 2.21. The standard InChI is InChI=1S/C19H28N6OS/c1-24(14-16-8-3-2-4-9-16)13-7-12-20-18(26)15-27-19-21-22-23-25(19)17-10-5-6-11-17/h2-4,8-9,17H,5-7,10-15H2,1H3,(H,20,26). The number of benzene rings is 1. The average Bonchev–Trinajstić information content (AvgIpc) is 3.35. The predicted octanol–water partition coefficient (Wildman–Crippen LogP) is 2.52. The predicted molar refractivity (Wildman–Crippen MR) is 106 cm³/mol. The number of rotatable bonds is 10. The lowest BCUT2D eigenvalue weighted by Gasteiger charge is -2.16. The van der Waals surface area contributed by atoms with Crippen LogP contribution >= 0.6 is 11.8 Å². The maximum atomic E-state index is 12.1. The van der Waals surface area contributed by atoms with Gasteiger partial charge in [-0.05, 0) is 48.8 Å². The number of tetrazole rings is 1. The van der Waals surface area contributed by atoms with Gasteiger partial charge < -0.3 is 10.2 Å². The van der Waals surface area contributed by atoms with Crippen molar-refractivity contribution in [1.29, 1.82) is 0 Å². The van der Waals surface area contributed by atoms with E-state index in [0.717, 1.165) is 37.5 Å². The van der Waals surface area contributed by atoms with Crippen LogP contribution in [-0.4, -0.2) is 56.9 Å². The van der Waals surface area contributed by atoms with Gasteiger partial charge in [0.1, 0.15) is 0 Å². The Kier molecular flexibility index (Phi) is 7.65. The first-order valence-electron chi connectivity index (χ1n) is 9.62. The van der Waals surface area contributed by atoms with Crippen LogP contribution in [0.2, 0.25) is 0 Å². The Labute approximate surface area is 164 Å². The van der Waals surface area contributed by atoms with Crippen molar-refractivity contribution >= 4 is 17.7 Å². The van der Waals surface area contributed by atoms with Crippen LogP contribution in [-0.2, 0) is 11.3 Å². The lowest BCUT2D eigenvalue weighted by Crippen LogP contribution is -2.29. The van der Waals surface area contributed by atoms with Crippen molar-refractivity contribution in [2.45, 2.75) is 49.8 Å². The van der Waals surface area contributed by atoms with Gasteiger partial charge in [0.25, 0.3) is 0 Å². The SMILES string of the molecule is CN(CCCNC(=O)CSc1nnnn1C1CCCC1)Cc1ccccc1. The third kappa shape index (κ3) is 6.32. The normalized spacial score (nSPS) is 14.7. The van der Waals surface area contributed by atoms with Crippen molar-refractivity contribution in [3.05, 3.63) is 35.9 Å². The Morgan fingerprint density at radius 2 is 2.07 bits per heavy atom. The molecule has 1 aliphatic carbocycles. The van der Waals surface area contributed by atoms with Crippen LogP contribution in [0.5, 0.6) is 0 Å². The molecule has 8 heteroatoms. The lowest BCUT2D eigenvalue weighted by molar-refractivity contribution is -0.118. The first kappa shape index (κ1) is 19.8. The van der Waals surface area contributed by atoms with Crippen LogP contribution in [0, 0.1) is 0 Å². The molecular formula is C19H28N6OS. The molecule has 1 aliphatic rings. The van der Waals surface area contributed by atoms with E-state index in [4.69, 9.17) is 0 Å². The molecule has 0 radical (unpaired) electrons. The lowest BCUT2D eigenvalue weighted by atomic mass is 10.2. The Hall–Kier alpha value is -1.93. The van der Waals surface area contributed by atoms with Gasteiger partial charge in [-0.15, -0.1) is 5.10 Å². The minimum Gasteiger partial charge on any atom is -0.355 e. The maximum Gasteiger partial charge on any atom is 0.230 e. The number of nitrogens with one attached hydrogen (secondary N) is 1. The van der Waals surface area contributed by atoms with E-state index in [1.54, 1.807) is 0 Å². The first-order chi connectivity index (χ1) is 13.2. The second-order valence-corrected chi connectivity index (χ2v) is 8.00. The molecule has 1 amide bonds. The number of nitrogens with zero attached hydrogens (tertiary/aromatic N) is 5. The summed E-state index contributed by atoms with van der Waals surface area (Å²) in [4.78, 5) is 14.4. The van der Waals surface area contributed by atoms with E-state index in [-0.39, 0.29) is 5.91 Å². The topological polar surface area (TPSA) is 75.9 Å². The second-order valence-electron chi connectivity index (χ2n) is 7.06. The van der Waals surface area contributed by atoms with Gasteiger partial charge in [-0.1, -0.05) is 54.9 Å². The van der Waals surface area contributed by atoms with Gasteiger partial charge in [0.05, 0.1) is 11.8 Å². The molecule has 1 N–H and O–H groups in total. The van der Waals surface area contributed by atoms with Crippen molar-refractivity contribution in [3.63, 3.8) is 0 Å². The zero-order valence-electron chi connectivity index (χ0n) is 15.9. The van der Waals surface area contributed by atoms with E-state index in [2.05, 4.69) is 57.1 Å². The van der Waals surface area contributed by atoms with E-state index >= 15 is 0 Å². The highest BCUT2D eigenvalue weighted by Crippen LogP contribution is 2.31. The zero-order valence-corrected chi connectivity index (χ0v) is 16.7. The van der Waals surface area contributed by atoms with E-state index in [9.17, 15) is 4.79 Å². The van der Waals surface area contributed by atoms with E-state index in [1.807, 2.05) is 10.7 Å². The summed E-state index contributed by atoms with van der Waals surface area (Å²) in [7, 11) is 2.10. The molecule has 1 aromatic carbocycles. The fourth-order valence-electron chi connectivity index (χ4n) is 3.39. The molecule has 2 aromatic rings. The summed E-state index contributed by atoms with van der Waals surface area (Å²) >= 11 is 1.42. The quantitative estimate of drug-likeness (QED) is 0.498. The van der Waals surface area contributed by atoms with Crippen molar-refractivity contribution in [2.75, 3.05) is 25.9 Å². The minimum atomic E-state index is 0.0340. The Balaban J connectivity index is 1.30. The Morgan fingerprint density at radius 3 is 2.85 bits per heavy atom. The van der Waals surface area contributed by atoms with Crippen molar-refractivity contribution in [1.82, 2.24) is 30.4 Å². The van der Waals surface area contributed by atoms with Gasteiger partial charge in [-0.2, -0.15) is 0 Å². The molecule has 1 saturated carbocycles. The van der Waals surface area contributed by atoms with Gasteiger partial charge in [0, 0.05) is 13.1 Å². The number of carbonyl (C=O) groups is 1. The molecule has 0 saturated heterocycles. The summed E-state index contributed by atoms with van der Waals surface area (Å²) in [5, 5.41) is 15.7. The van der Waals surface area contributed by atoms with Crippen molar-refractivity contribution < 1.29 is 4.79 Å². The van der Waals surface area contributed by atoms with Gasteiger partial charge in [-0.3, -0.25) is 4.79 Å². The largest absolute Gasteiger partial charge is 0.355 e. The van der Waals surface area contributed by atoms with Gasteiger partial charge >= 0.3 is 0 Å². The number of hydrogen-bond acceptors (Lipinski definition) is 6. The van der Waals surface area contributed by atoms with Crippen LogP contribution in [0.3, 0.4) is 0 Å². The Bertz CT molecular complexity index is 701. The molecule has 1 heterocycles. The molecule has 0 aliphatic heterocycles. The van der Waals surface area contributed by atoms with Gasteiger partial charge in [0.2, 0.25) is 11.1 Å². The molecular weight excluding hydrogens is 360 g/mol. The highest BCUT2D eigenvalue weighted by molar-refractivity contribution is 7.99. The van der Waals surface area contributed by atoms with Crippen LogP contribution in [0.25, 0.3) is 0 Å². The third-order valence-corrected chi connectivity index (χ3v) is 5.73. The van der Waals surface area contributed by atoms with Gasteiger partial charge in [0.15, 0.2) is 0 Å². The van der Waals surface area contributed by atoms with Gasteiger partial charge in [-0.25, -0.2) is 4.68 Å². The number of aromatic nitrogens is 4. The maximum absolute atomic E-state index is 12.1. The summed E-state index contributed by atoms with van der Waals surface area (Å²) < 4.78 is 1.89. The van der Waals surface area contributed by atoms with Crippen molar-refractivity contribution in [3.8, 4) is 0 Å². The van der Waals surface area contributed by atoms with E-state index < -0.39 is 0 Å². The van der Waals surface area contributed by atoms with E-state index in [1.165, 1.54) is 30.2 Å². The van der Waals surface area contributed by atoms with Crippen molar-refractivity contribution in [2.24, 2.45) is 0 Å². The molecule has 0 bridgehead atoms. The summed E-state index contributed by atoms with van der Waals surface area (Å²) in [5.41, 5.74) is 1.31. The summed E-state index contributed by atoms with van der Waals surface area (Å²) in [5.74, 6) is 0.388. The molecule has 27 heavy (non-hydrogen) atoms. The molecule has 1 fully saturated rings. The molecule has 3 rings (SSSR count). The molecule has 0 unspecified atom stereocenters. The fraction of sp³-hybridized carbons (Fsp3) is 0.579. The number of hydrogen-bond donors (Lipinski definition) is 1. The van der Waals surface area contributed by atoms with Crippen LogP contribution < -0.4 is 5.32 Å². The summed E-state index contributed by atoms with van der Waals surface area (Å²) in [6, 6.07) is 10.8. The molecule has 7 nitrogen and oxygen atoms in total. The number of amides is 1. The zero-order chi connectivity index (χ0) is 18.9. The average molecular weight is 389 g/mol. The monoisotopic (exact) mass is 388 g/mol. The first-order valence-corrected chi connectivity index (χ1v) is 10.6. The Morgan fingerprint density at radius 1 is 1.30 bits per heavy atom. The van der Waals surface area contributed by atoms with Crippen LogP contribution in [0.1, 0.15) is 43.7 Å². The fourth-order valence-corrected chi connectivity index (χ4v) is 4.16. The third-order valence-electron chi connectivity index (χ3n) is 4.80. The highest BCUT2D eigenvalue weighted by atomic mass is 32.2. The number of thioether (sulfide) groups is 1.